The van der Waals surface area contributed by atoms with Gasteiger partial charge in [-0.15, -0.1) is 0 Å². The summed E-state index contributed by atoms with van der Waals surface area (Å²) in [4.78, 5) is 17.0. The van der Waals surface area contributed by atoms with Crippen LogP contribution in [0.25, 0.3) is 0 Å². The van der Waals surface area contributed by atoms with Gasteiger partial charge >= 0.3 is 0 Å². The lowest BCUT2D eigenvalue weighted by Gasteiger charge is -2.26. The van der Waals surface area contributed by atoms with E-state index in [4.69, 9.17) is 0 Å². The highest BCUT2D eigenvalue weighted by molar-refractivity contribution is 5.85. The van der Waals surface area contributed by atoms with Crippen molar-refractivity contribution in [3.63, 3.8) is 0 Å². The van der Waals surface area contributed by atoms with Gasteiger partial charge in [-0.2, -0.15) is 0 Å². The maximum Gasteiger partial charge on any atom is 0.159 e. The molecule has 0 N–H and O–H groups in total. The molecule has 1 aliphatic rings. The zero-order valence-corrected chi connectivity index (χ0v) is 12.6. The Kier molecular flexibility index (Phi) is 4.66. The lowest BCUT2D eigenvalue weighted by molar-refractivity contribution is -0.127. The molecule has 1 atom stereocenters. The SMILES string of the molecule is O=C(C1CCCCC1)C(Cc1ccccc1F)n1ccnc1. The number of carbonyl (C=O) groups is 1. The number of Topliss-reactive ketones (excluding diaryl/α,β-unsaturated/α-hetero) is 1. The lowest BCUT2D eigenvalue weighted by Crippen LogP contribution is -2.29. The zero-order chi connectivity index (χ0) is 15.4. The van der Waals surface area contributed by atoms with Crippen molar-refractivity contribution in [2.75, 3.05) is 0 Å². The molecule has 0 aliphatic heterocycles. The molecule has 0 radical (unpaired) electrons. The quantitative estimate of drug-likeness (QED) is 0.838. The van der Waals surface area contributed by atoms with Crippen LogP contribution in [0.1, 0.15) is 43.7 Å². The number of imidazole rings is 1. The summed E-state index contributed by atoms with van der Waals surface area (Å²) in [5, 5.41) is 0. The molecule has 1 fully saturated rings. The van der Waals surface area contributed by atoms with E-state index in [1.54, 1.807) is 30.9 Å². The summed E-state index contributed by atoms with van der Waals surface area (Å²) in [5.74, 6) is 0.0814. The largest absolute Gasteiger partial charge is 0.327 e. The predicted molar refractivity (Wildman–Crippen MR) is 83.0 cm³/mol. The van der Waals surface area contributed by atoms with E-state index >= 15 is 0 Å². The summed E-state index contributed by atoms with van der Waals surface area (Å²) in [7, 11) is 0. The van der Waals surface area contributed by atoms with Crippen LogP contribution in [-0.2, 0) is 11.2 Å². The van der Waals surface area contributed by atoms with Crippen molar-refractivity contribution in [1.82, 2.24) is 9.55 Å². The van der Waals surface area contributed by atoms with E-state index in [2.05, 4.69) is 4.98 Å². The lowest BCUT2D eigenvalue weighted by atomic mass is 9.82. The summed E-state index contributed by atoms with van der Waals surface area (Å²) in [6.45, 7) is 0. The summed E-state index contributed by atoms with van der Waals surface area (Å²) >= 11 is 0. The molecular formula is C18H21FN2O. The molecule has 3 nitrogen and oxygen atoms in total. The first-order valence-corrected chi connectivity index (χ1v) is 8.00. The molecule has 1 aliphatic carbocycles. The molecule has 0 saturated heterocycles. The van der Waals surface area contributed by atoms with Crippen LogP contribution in [0.3, 0.4) is 0 Å². The molecule has 0 bridgehead atoms. The number of ketones is 1. The monoisotopic (exact) mass is 300 g/mol. The molecule has 2 aromatic rings. The Morgan fingerprint density at radius 3 is 2.73 bits per heavy atom. The minimum Gasteiger partial charge on any atom is -0.327 e. The number of carbonyl (C=O) groups excluding carboxylic acids is 1. The fourth-order valence-electron chi connectivity index (χ4n) is 3.34. The number of aromatic nitrogens is 2. The van der Waals surface area contributed by atoms with Crippen molar-refractivity contribution in [2.24, 2.45) is 5.92 Å². The third-order valence-corrected chi connectivity index (χ3v) is 4.59. The van der Waals surface area contributed by atoms with Crippen molar-refractivity contribution >= 4 is 5.78 Å². The first kappa shape index (κ1) is 14.9. The fraction of sp³-hybridized carbons (Fsp3) is 0.444. The highest BCUT2D eigenvalue weighted by Gasteiger charge is 2.29. The van der Waals surface area contributed by atoms with E-state index in [0.717, 1.165) is 25.7 Å². The van der Waals surface area contributed by atoms with Gasteiger partial charge in [0.25, 0.3) is 0 Å². The number of halogens is 1. The maximum absolute atomic E-state index is 14.0. The van der Waals surface area contributed by atoms with Crippen LogP contribution in [0.4, 0.5) is 4.39 Å². The molecule has 1 heterocycles. The summed E-state index contributed by atoms with van der Waals surface area (Å²) in [5.41, 5.74) is 0.588. The Morgan fingerprint density at radius 1 is 1.27 bits per heavy atom. The maximum atomic E-state index is 14.0. The van der Waals surface area contributed by atoms with Crippen LogP contribution >= 0.6 is 0 Å². The van der Waals surface area contributed by atoms with Gasteiger partial charge in [0.2, 0.25) is 0 Å². The number of benzene rings is 1. The second kappa shape index (κ2) is 6.86. The second-order valence-electron chi connectivity index (χ2n) is 6.06. The van der Waals surface area contributed by atoms with Crippen molar-refractivity contribution in [2.45, 2.75) is 44.6 Å². The summed E-state index contributed by atoms with van der Waals surface area (Å²) in [6, 6.07) is 6.34. The van der Waals surface area contributed by atoms with Gasteiger partial charge in [0, 0.05) is 24.7 Å². The molecule has 116 valence electrons. The summed E-state index contributed by atoms with van der Waals surface area (Å²) < 4.78 is 15.8. The second-order valence-corrected chi connectivity index (χ2v) is 6.06. The molecule has 1 unspecified atom stereocenters. The fourth-order valence-corrected chi connectivity index (χ4v) is 3.34. The molecule has 4 heteroatoms. The smallest absolute Gasteiger partial charge is 0.159 e. The predicted octanol–water partition coefficient (Wildman–Crippen LogP) is 3.96. The van der Waals surface area contributed by atoms with Crippen molar-refractivity contribution in [3.05, 3.63) is 54.4 Å². The Labute approximate surface area is 130 Å². The van der Waals surface area contributed by atoms with Crippen molar-refractivity contribution in [3.8, 4) is 0 Å². The molecule has 22 heavy (non-hydrogen) atoms. The number of nitrogens with zero attached hydrogens (tertiary/aromatic N) is 2. The molecule has 1 saturated carbocycles. The Balaban J connectivity index is 1.84. The number of rotatable bonds is 5. The van der Waals surface area contributed by atoms with E-state index in [-0.39, 0.29) is 23.6 Å². The summed E-state index contributed by atoms with van der Waals surface area (Å²) in [6.07, 6.45) is 10.9. The standard InChI is InChI=1S/C18H21FN2O/c19-16-9-5-4-8-15(16)12-17(21-11-10-20-13-21)18(22)14-6-2-1-3-7-14/h4-5,8-11,13-14,17H,1-3,6-7,12H2. The average molecular weight is 300 g/mol. The molecule has 1 aromatic heterocycles. The van der Waals surface area contributed by atoms with Gasteiger partial charge in [0.05, 0.1) is 12.4 Å². The normalized spacial score (nSPS) is 17.3. The molecule has 0 amide bonds. The van der Waals surface area contributed by atoms with Crippen molar-refractivity contribution in [1.29, 1.82) is 0 Å². The van der Waals surface area contributed by atoms with E-state index in [0.29, 0.717) is 12.0 Å². The number of hydrogen-bond donors (Lipinski definition) is 0. The topological polar surface area (TPSA) is 34.9 Å². The Bertz CT molecular complexity index is 618. The van der Waals surface area contributed by atoms with Crippen LogP contribution in [0.5, 0.6) is 0 Å². The Morgan fingerprint density at radius 2 is 2.05 bits per heavy atom. The highest BCUT2D eigenvalue weighted by atomic mass is 19.1. The van der Waals surface area contributed by atoms with Crippen LogP contribution in [0.2, 0.25) is 0 Å². The molecule has 1 aromatic carbocycles. The zero-order valence-electron chi connectivity index (χ0n) is 12.6. The van der Waals surface area contributed by atoms with Gasteiger partial charge in [-0.25, -0.2) is 9.37 Å². The van der Waals surface area contributed by atoms with Gasteiger partial charge in [0.15, 0.2) is 5.78 Å². The minimum atomic E-state index is -0.359. The van der Waals surface area contributed by atoms with Crippen LogP contribution in [0.15, 0.2) is 43.0 Å². The van der Waals surface area contributed by atoms with Gasteiger partial charge < -0.3 is 4.57 Å². The van der Waals surface area contributed by atoms with Crippen LogP contribution in [0, 0.1) is 11.7 Å². The Hall–Kier alpha value is -1.97. The van der Waals surface area contributed by atoms with E-state index < -0.39 is 0 Å². The first-order chi connectivity index (χ1) is 10.8. The minimum absolute atomic E-state index is 0.105. The average Bonchev–Trinajstić information content (AvgIpc) is 3.08. The molecular weight excluding hydrogens is 279 g/mol. The number of hydrogen-bond acceptors (Lipinski definition) is 2. The van der Waals surface area contributed by atoms with Gasteiger partial charge in [-0.3, -0.25) is 4.79 Å². The van der Waals surface area contributed by atoms with E-state index in [1.165, 1.54) is 12.5 Å². The van der Waals surface area contributed by atoms with E-state index in [9.17, 15) is 9.18 Å². The van der Waals surface area contributed by atoms with Crippen LogP contribution in [-0.4, -0.2) is 15.3 Å². The molecule has 3 rings (SSSR count). The van der Waals surface area contributed by atoms with E-state index in [1.807, 2.05) is 10.6 Å². The van der Waals surface area contributed by atoms with Gasteiger partial charge in [-0.1, -0.05) is 37.5 Å². The van der Waals surface area contributed by atoms with Gasteiger partial charge in [-0.05, 0) is 24.5 Å². The van der Waals surface area contributed by atoms with Crippen LogP contribution < -0.4 is 0 Å². The third-order valence-electron chi connectivity index (χ3n) is 4.59. The highest BCUT2D eigenvalue weighted by Crippen LogP contribution is 2.30. The third kappa shape index (κ3) is 3.26. The van der Waals surface area contributed by atoms with Gasteiger partial charge in [0.1, 0.15) is 5.82 Å². The molecule has 0 spiro atoms. The van der Waals surface area contributed by atoms with Crippen molar-refractivity contribution < 1.29 is 9.18 Å². The first-order valence-electron chi connectivity index (χ1n) is 8.00.